The van der Waals surface area contributed by atoms with Crippen molar-refractivity contribution in [1.82, 2.24) is 20.3 Å². The molecule has 0 unspecified atom stereocenters. The number of thiazole rings is 1. The molecule has 35 heavy (non-hydrogen) atoms. The third-order valence-corrected chi connectivity index (χ3v) is 7.61. The van der Waals surface area contributed by atoms with Gasteiger partial charge in [0.25, 0.3) is 0 Å². The number of hydroxylamine groups is 1. The van der Waals surface area contributed by atoms with E-state index in [4.69, 9.17) is 16.3 Å². The molecule has 3 heterocycles. The molecule has 4 rings (SSSR count). The van der Waals surface area contributed by atoms with E-state index >= 15 is 0 Å². The first-order valence-corrected chi connectivity index (χ1v) is 12.6. The number of amides is 1. The molecule has 3 N–H and O–H groups in total. The normalized spacial score (nSPS) is 16.3. The Morgan fingerprint density at radius 3 is 2.86 bits per heavy atom. The van der Waals surface area contributed by atoms with E-state index in [0.717, 1.165) is 5.01 Å². The Kier molecular flexibility index (Phi) is 8.21. The number of piperidine rings is 1. The number of methoxy groups -OCH3 is 1. The van der Waals surface area contributed by atoms with Gasteiger partial charge < -0.3 is 9.84 Å². The number of benzene rings is 1. The zero-order valence-corrected chi connectivity index (χ0v) is 20.9. The molecule has 0 aliphatic carbocycles. The molecule has 2 aromatic heterocycles. The highest BCUT2D eigenvalue weighted by atomic mass is 35.5. The molecule has 1 amide bonds. The first-order valence-electron chi connectivity index (χ1n) is 11.3. The van der Waals surface area contributed by atoms with Crippen LogP contribution in [0.3, 0.4) is 0 Å². The molecule has 184 valence electrons. The summed E-state index contributed by atoms with van der Waals surface area (Å²) in [5.74, 6) is 6.40. The van der Waals surface area contributed by atoms with Gasteiger partial charge in [0.15, 0.2) is 5.01 Å². The van der Waals surface area contributed by atoms with Crippen molar-refractivity contribution in [2.24, 2.45) is 5.41 Å². The minimum absolute atomic E-state index is 0.299. The Hall–Kier alpha value is -2.74. The lowest BCUT2D eigenvalue weighted by Crippen LogP contribution is -2.48. The van der Waals surface area contributed by atoms with Gasteiger partial charge in [-0.2, -0.15) is 0 Å². The third-order valence-electron chi connectivity index (χ3n) is 6.62. The van der Waals surface area contributed by atoms with Crippen LogP contribution < -0.4 is 10.2 Å². The van der Waals surface area contributed by atoms with Crippen molar-refractivity contribution in [3.8, 4) is 17.6 Å². The molecule has 1 fully saturated rings. The van der Waals surface area contributed by atoms with Crippen LogP contribution in [0, 0.1) is 17.3 Å². The fraction of sp³-hybridized carbons (Fsp3) is 0.400. The molecule has 0 radical (unpaired) electrons. The van der Waals surface area contributed by atoms with Crippen LogP contribution >= 0.6 is 22.9 Å². The molecule has 1 saturated heterocycles. The van der Waals surface area contributed by atoms with Gasteiger partial charge in [-0.3, -0.25) is 19.9 Å². The minimum Gasteiger partial charge on any atom is -0.497 e. The maximum Gasteiger partial charge on any atom is 0.249 e. The third kappa shape index (κ3) is 5.74. The standard InChI is InChI=1S/C25H27ClN4O4S/c1-34-17-4-5-20-18(15-17)23(19(26)16-28-20)21(31)6-7-25(24(32)29-33)8-12-30(13-9-25)11-2-3-22-27-10-14-35-22/h4-5,10,14-16,21,31,33H,6-9,11-13H2,1H3,(H,29,32)/t21-/m1/s1. The predicted molar refractivity (Wildman–Crippen MR) is 135 cm³/mol. The van der Waals surface area contributed by atoms with Gasteiger partial charge in [-0.15, -0.1) is 11.3 Å². The Labute approximate surface area is 212 Å². The summed E-state index contributed by atoms with van der Waals surface area (Å²) in [5.41, 5.74) is 2.31. The first-order chi connectivity index (χ1) is 17.0. The number of aliphatic hydroxyl groups excluding tert-OH is 1. The van der Waals surface area contributed by atoms with Crippen LogP contribution in [0.25, 0.3) is 10.9 Å². The van der Waals surface area contributed by atoms with Crippen LogP contribution in [0.1, 0.15) is 42.4 Å². The van der Waals surface area contributed by atoms with E-state index in [9.17, 15) is 15.1 Å². The highest BCUT2D eigenvalue weighted by Gasteiger charge is 2.41. The van der Waals surface area contributed by atoms with Gasteiger partial charge in [0.05, 0.1) is 35.7 Å². The second kappa shape index (κ2) is 11.3. The fourth-order valence-corrected chi connectivity index (χ4v) is 5.33. The molecule has 8 nitrogen and oxygen atoms in total. The molecule has 1 aromatic carbocycles. The zero-order chi connectivity index (χ0) is 24.8. The van der Waals surface area contributed by atoms with E-state index < -0.39 is 17.4 Å². The van der Waals surface area contributed by atoms with Crippen LogP contribution in [0.4, 0.5) is 0 Å². The molecule has 1 aliphatic heterocycles. The highest BCUT2D eigenvalue weighted by Crippen LogP contribution is 2.41. The lowest BCUT2D eigenvalue weighted by molar-refractivity contribution is -0.143. The van der Waals surface area contributed by atoms with E-state index in [1.165, 1.54) is 17.5 Å². The van der Waals surface area contributed by atoms with Gasteiger partial charge in [-0.25, -0.2) is 10.5 Å². The zero-order valence-electron chi connectivity index (χ0n) is 19.3. The number of aliphatic hydroxyl groups is 1. The number of hydrogen-bond donors (Lipinski definition) is 3. The van der Waals surface area contributed by atoms with Crippen LogP contribution in [0.15, 0.2) is 36.0 Å². The van der Waals surface area contributed by atoms with E-state index in [1.54, 1.807) is 25.4 Å². The summed E-state index contributed by atoms with van der Waals surface area (Å²) in [6.07, 6.45) is 4.12. The predicted octanol–water partition coefficient (Wildman–Crippen LogP) is 3.81. The average molecular weight is 515 g/mol. The van der Waals surface area contributed by atoms with Crippen molar-refractivity contribution in [2.75, 3.05) is 26.7 Å². The quantitative estimate of drug-likeness (QED) is 0.250. The van der Waals surface area contributed by atoms with Crippen LogP contribution in [0.5, 0.6) is 5.75 Å². The monoisotopic (exact) mass is 514 g/mol. The lowest BCUT2D eigenvalue weighted by Gasteiger charge is -2.40. The Bertz CT molecular complexity index is 1230. The molecule has 0 spiro atoms. The average Bonchev–Trinajstić information content (AvgIpc) is 3.40. The summed E-state index contributed by atoms with van der Waals surface area (Å²) < 4.78 is 5.32. The van der Waals surface area contributed by atoms with Gasteiger partial charge in [-0.05, 0) is 49.8 Å². The Morgan fingerprint density at radius 1 is 1.37 bits per heavy atom. The van der Waals surface area contributed by atoms with Crippen molar-refractivity contribution in [3.05, 3.63) is 51.6 Å². The highest BCUT2D eigenvalue weighted by molar-refractivity contribution is 7.10. The molecule has 0 saturated carbocycles. The number of nitrogens with zero attached hydrogens (tertiary/aromatic N) is 3. The number of halogens is 1. The summed E-state index contributed by atoms with van der Waals surface area (Å²) in [6, 6.07) is 5.41. The van der Waals surface area contributed by atoms with Crippen molar-refractivity contribution >= 4 is 39.7 Å². The largest absolute Gasteiger partial charge is 0.497 e. The number of ether oxygens (including phenoxy) is 1. The molecular weight excluding hydrogens is 488 g/mol. The van der Waals surface area contributed by atoms with Crippen LogP contribution in [0.2, 0.25) is 5.02 Å². The summed E-state index contributed by atoms with van der Waals surface area (Å²) >= 11 is 7.94. The molecule has 1 atom stereocenters. The molecule has 0 bridgehead atoms. The number of pyridine rings is 1. The van der Waals surface area contributed by atoms with E-state index in [-0.39, 0.29) is 0 Å². The van der Waals surface area contributed by atoms with Gasteiger partial charge in [0.2, 0.25) is 5.91 Å². The summed E-state index contributed by atoms with van der Waals surface area (Å²) in [5, 5.41) is 24.3. The first kappa shape index (κ1) is 25.4. The fourth-order valence-electron chi connectivity index (χ4n) is 4.55. The second-order valence-electron chi connectivity index (χ2n) is 8.59. The summed E-state index contributed by atoms with van der Waals surface area (Å²) in [4.78, 5) is 23.4. The van der Waals surface area contributed by atoms with Gasteiger partial charge >= 0.3 is 0 Å². The van der Waals surface area contributed by atoms with E-state index in [1.807, 2.05) is 16.9 Å². The van der Waals surface area contributed by atoms with Gasteiger partial charge in [0, 0.05) is 41.8 Å². The maximum absolute atomic E-state index is 12.7. The SMILES string of the molecule is COc1ccc2ncc(Cl)c([C@H](O)CCC3(C(=O)NO)CCN(CC#Cc4nccs4)CC3)c2c1. The number of carbonyl (C=O) groups is 1. The number of likely N-dealkylation sites (tertiary alicyclic amines) is 1. The molecule has 1 aliphatic rings. The number of aromatic nitrogens is 2. The molecular formula is C25H27ClN4O4S. The van der Waals surface area contributed by atoms with E-state index in [2.05, 4.69) is 26.7 Å². The Morgan fingerprint density at radius 2 is 2.17 bits per heavy atom. The van der Waals surface area contributed by atoms with Crippen molar-refractivity contribution < 1.29 is 19.8 Å². The maximum atomic E-state index is 12.7. The number of fused-ring (bicyclic) bond motifs is 1. The number of hydrogen-bond acceptors (Lipinski definition) is 8. The smallest absolute Gasteiger partial charge is 0.249 e. The Balaban J connectivity index is 1.46. The van der Waals surface area contributed by atoms with Gasteiger partial charge in [-0.1, -0.05) is 17.5 Å². The second-order valence-corrected chi connectivity index (χ2v) is 9.90. The number of nitrogens with one attached hydrogen (secondary N) is 1. The summed E-state index contributed by atoms with van der Waals surface area (Å²) in [7, 11) is 1.57. The summed E-state index contributed by atoms with van der Waals surface area (Å²) in [6.45, 7) is 1.90. The number of carbonyl (C=O) groups excluding carboxylic acids is 1. The molecule has 10 heteroatoms. The number of rotatable bonds is 7. The van der Waals surface area contributed by atoms with Crippen molar-refractivity contribution in [3.63, 3.8) is 0 Å². The molecule has 3 aromatic rings. The van der Waals surface area contributed by atoms with Crippen LogP contribution in [-0.4, -0.2) is 57.8 Å². The van der Waals surface area contributed by atoms with Crippen LogP contribution in [-0.2, 0) is 4.79 Å². The van der Waals surface area contributed by atoms with Crippen molar-refractivity contribution in [1.29, 1.82) is 0 Å². The van der Waals surface area contributed by atoms with E-state index in [0.29, 0.717) is 72.6 Å². The minimum atomic E-state index is -0.911. The van der Waals surface area contributed by atoms with Crippen molar-refractivity contribution in [2.45, 2.75) is 31.8 Å². The topological polar surface area (TPSA) is 108 Å². The van der Waals surface area contributed by atoms with Gasteiger partial charge in [0.1, 0.15) is 5.75 Å². The lowest BCUT2D eigenvalue weighted by atomic mass is 9.73.